The van der Waals surface area contributed by atoms with Gasteiger partial charge in [0, 0.05) is 23.9 Å². The van der Waals surface area contributed by atoms with Gasteiger partial charge in [-0.1, -0.05) is 17.8 Å². The van der Waals surface area contributed by atoms with Crippen molar-refractivity contribution in [2.45, 2.75) is 0 Å². The van der Waals surface area contributed by atoms with Gasteiger partial charge in [-0.15, -0.1) is 0 Å². The van der Waals surface area contributed by atoms with Gasteiger partial charge in [0.15, 0.2) is 17.2 Å². The Bertz CT molecular complexity index is 1170. The number of pyridine rings is 1. The predicted octanol–water partition coefficient (Wildman–Crippen LogP) is 1.96. The van der Waals surface area contributed by atoms with Crippen LogP contribution in [0.5, 0.6) is 0 Å². The van der Waals surface area contributed by atoms with E-state index in [1.807, 2.05) is 0 Å². The topological polar surface area (TPSA) is 113 Å². The van der Waals surface area contributed by atoms with Crippen LogP contribution in [-0.4, -0.2) is 31.8 Å². The Morgan fingerprint density at radius 3 is 3.00 bits per heavy atom. The molecule has 2 aromatic heterocycles. The van der Waals surface area contributed by atoms with Crippen molar-refractivity contribution in [3.05, 3.63) is 81.0 Å². The smallest absolute Gasteiger partial charge is 0.270 e. The lowest BCUT2D eigenvalue weighted by Gasteiger charge is -2.05. The number of non-ortho nitro benzene ring substituents is 1. The summed E-state index contributed by atoms with van der Waals surface area (Å²) in [7, 11) is 0. The molecule has 26 heavy (non-hydrogen) atoms. The highest BCUT2D eigenvalue weighted by molar-refractivity contribution is 6.16. The van der Waals surface area contributed by atoms with E-state index in [0.29, 0.717) is 16.6 Å². The summed E-state index contributed by atoms with van der Waals surface area (Å²) in [5, 5.41) is 15.5. The molecule has 0 N–H and O–H groups in total. The Morgan fingerprint density at radius 2 is 2.23 bits per heavy atom. The molecule has 0 saturated heterocycles. The van der Waals surface area contributed by atoms with Crippen molar-refractivity contribution in [2.24, 2.45) is 5.16 Å². The minimum atomic E-state index is -0.514. The summed E-state index contributed by atoms with van der Waals surface area (Å²) in [6, 6.07) is 7.44. The van der Waals surface area contributed by atoms with Crippen molar-refractivity contribution in [3.8, 4) is 5.69 Å². The number of nitrogens with zero attached hydrogens (tertiary/aromatic N) is 5. The molecule has 9 heteroatoms. The van der Waals surface area contributed by atoms with Crippen LogP contribution in [0.25, 0.3) is 16.7 Å². The maximum absolute atomic E-state index is 12.9. The van der Waals surface area contributed by atoms with Crippen LogP contribution in [-0.2, 0) is 4.84 Å². The third-order valence-corrected chi connectivity index (χ3v) is 3.89. The molecular weight excluding hydrogens is 338 g/mol. The largest absolute Gasteiger partial charge is 0.391 e. The Hall–Kier alpha value is -3.88. The van der Waals surface area contributed by atoms with Crippen molar-refractivity contribution in [1.82, 2.24) is 14.5 Å². The van der Waals surface area contributed by atoms with Crippen LogP contribution >= 0.6 is 0 Å². The molecule has 0 aliphatic carbocycles. The van der Waals surface area contributed by atoms with E-state index < -0.39 is 4.92 Å². The molecule has 0 amide bonds. The highest BCUT2D eigenvalue weighted by Gasteiger charge is 2.31. The minimum Gasteiger partial charge on any atom is -0.391 e. The Kier molecular flexibility index (Phi) is 3.54. The highest BCUT2D eigenvalue weighted by atomic mass is 16.6. The molecule has 4 rings (SSSR count). The summed E-state index contributed by atoms with van der Waals surface area (Å²) >= 11 is 0. The van der Waals surface area contributed by atoms with Crippen LogP contribution in [0.3, 0.4) is 0 Å². The van der Waals surface area contributed by atoms with Gasteiger partial charge in [-0.2, -0.15) is 0 Å². The first kappa shape index (κ1) is 15.6. The summed E-state index contributed by atoms with van der Waals surface area (Å²) in [6.07, 6.45) is 3.04. The zero-order valence-corrected chi connectivity index (χ0v) is 13.3. The van der Waals surface area contributed by atoms with E-state index in [2.05, 4.69) is 21.7 Å². The second-order valence-electron chi connectivity index (χ2n) is 5.43. The molecule has 1 aliphatic rings. The average molecular weight is 349 g/mol. The number of oxime groups is 1. The molecule has 0 unspecified atom stereocenters. The average Bonchev–Trinajstić information content (AvgIpc) is 2.95. The van der Waals surface area contributed by atoms with Gasteiger partial charge in [0.2, 0.25) is 0 Å². The summed E-state index contributed by atoms with van der Waals surface area (Å²) in [5.74, 6) is 0.223. The summed E-state index contributed by atoms with van der Waals surface area (Å²) in [6.45, 7) is 3.68. The van der Waals surface area contributed by atoms with Gasteiger partial charge < -0.3 is 4.84 Å². The van der Waals surface area contributed by atoms with Crippen molar-refractivity contribution in [2.75, 3.05) is 6.61 Å². The van der Waals surface area contributed by atoms with Gasteiger partial charge in [-0.25, -0.2) is 9.97 Å². The molecule has 0 radical (unpaired) electrons. The predicted molar refractivity (Wildman–Crippen MR) is 93.6 cm³/mol. The molecule has 128 valence electrons. The van der Waals surface area contributed by atoms with Gasteiger partial charge in [-0.05, 0) is 18.2 Å². The van der Waals surface area contributed by atoms with E-state index in [1.54, 1.807) is 12.1 Å². The van der Waals surface area contributed by atoms with E-state index in [4.69, 9.17) is 4.84 Å². The van der Waals surface area contributed by atoms with Crippen LogP contribution in [0, 0.1) is 10.1 Å². The van der Waals surface area contributed by atoms with Crippen molar-refractivity contribution in [1.29, 1.82) is 0 Å². The lowest BCUT2D eigenvalue weighted by atomic mass is 10.1. The number of hydrogen-bond acceptors (Lipinski definition) is 7. The molecule has 9 nitrogen and oxygen atoms in total. The van der Waals surface area contributed by atoms with Crippen LogP contribution < -0.4 is 5.56 Å². The summed E-state index contributed by atoms with van der Waals surface area (Å²) in [5.41, 5.74) is 0.890. The standard InChI is InChI=1S/C17H11N5O4/c1-2-8-26-20-14-12-9-10(22(24)25)5-6-13(12)21-16(14)19-15-11(17(21)23)4-3-7-18-15/h2-7,9H,1,8H2/b20-14+. The zero-order valence-electron chi connectivity index (χ0n) is 13.3. The molecule has 1 aromatic carbocycles. The number of fused-ring (bicyclic) bond motifs is 4. The Morgan fingerprint density at radius 1 is 1.38 bits per heavy atom. The Balaban J connectivity index is 2.05. The van der Waals surface area contributed by atoms with Gasteiger partial charge in [0.1, 0.15) is 6.61 Å². The SMILES string of the molecule is C=CCO/N=C1\c2cc([N+](=O)[O-])ccc2-n2c1nc1ncccc1c2=O. The molecule has 1 aliphatic heterocycles. The van der Waals surface area contributed by atoms with E-state index >= 15 is 0 Å². The third kappa shape index (κ3) is 2.25. The first-order valence-electron chi connectivity index (χ1n) is 7.60. The number of benzene rings is 1. The van der Waals surface area contributed by atoms with Crippen molar-refractivity contribution < 1.29 is 9.76 Å². The quantitative estimate of drug-likeness (QED) is 0.241. The van der Waals surface area contributed by atoms with Gasteiger partial charge in [0.25, 0.3) is 11.2 Å². The molecule has 0 spiro atoms. The van der Waals surface area contributed by atoms with E-state index in [-0.39, 0.29) is 35.0 Å². The first-order valence-corrected chi connectivity index (χ1v) is 7.60. The lowest BCUT2D eigenvalue weighted by molar-refractivity contribution is -0.384. The maximum atomic E-state index is 12.9. The van der Waals surface area contributed by atoms with Crippen molar-refractivity contribution >= 4 is 22.4 Å². The molecule has 3 heterocycles. The first-order chi connectivity index (χ1) is 12.6. The van der Waals surface area contributed by atoms with E-state index in [1.165, 1.54) is 35.0 Å². The number of nitro benzene ring substituents is 1. The fraction of sp³-hybridized carbons (Fsp3) is 0.0588. The van der Waals surface area contributed by atoms with Crippen LogP contribution in [0.2, 0.25) is 0 Å². The number of rotatable bonds is 4. The molecule has 0 saturated carbocycles. The second-order valence-corrected chi connectivity index (χ2v) is 5.43. The van der Waals surface area contributed by atoms with Gasteiger partial charge in [-0.3, -0.25) is 19.5 Å². The van der Waals surface area contributed by atoms with Gasteiger partial charge in [0.05, 0.1) is 16.0 Å². The lowest BCUT2D eigenvalue weighted by Crippen LogP contribution is -2.22. The van der Waals surface area contributed by atoms with Crippen molar-refractivity contribution in [3.63, 3.8) is 0 Å². The number of hydrogen-bond donors (Lipinski definition) is 0. The molecular formula is C17H11N5O4. The fourth-order valence-electron chi connectivity index (χ4n) is 2.79. The fourth-order valence-corrected chi connectivity index (χ4v) is 2.79. The minimum absolute atomic E-state index is 0.122. The summed E-state index contributed by atoms with van der Waals surface area (Å²) in [4.78, 5) is 37.2. The number of nitro groups is 1. The second kappa shape index (κ2) is 5.88. The van der Waals surface area contributed by atoms with Crippen LogP contribution in [0.4, 0.5) is 5.69 Å². The van der Waals surface area contributed by atoms with Crippen LogP contribution in [0.15, 0.2) is 59.1 Å². The number of aromatic nitrogens is 3. The monoisotopic (exact) mass is 349 g/mol. The highest BCUT2D eigenvalue weighted by Crippen LogP contribution is 2.30. The van der Waals surface area contributed by atoms with Gasteiger partial charge >= 0.3 is 0 Å². The normalized spacial score (nSPS) is 13.5. The maximum Gasteiger partial charge on any atom is 0.270 e. The zero-order chi connectivity index (χ0) is 18.3. The molecule has 3 aromatic rings. The summed E-state index contributed by atoms with van der Waals surface area (Å²) < 4.78 is 1.36. The molecule has 0 fully saturated rings. The van der Waals surface area contributed by atoms with Crippen LogP contribution in [0.1, 0.15) is 11.4 Å². The third-order valence-electron chi connectivity index (χ3n) is 3.89. The Labute approximate surface area is 146 Å². The molecule has 0 atom stereocenters. The molecule has 0 bridgehead atoms. The van der Waals surface area contributed by atoms with E-state index in [0.717, 1.165) is 0 Å². The van der Waals surface area contributed by atoms with E-state index in [9.17, 15) is 14.9 Å².